The summed E-state index contributed by atoms with van der Waals surface area (Å²) < 4.78 is 58.6. The molecule has 0 radical (unpaired) electrons. The number of nitrogens with zero attached hydrogens (tertiary/aromatic N) is 3. The van der Waals surface area contributed by atoms with Gasteiger partial charge in [0.25, 0.3) is 5.91 Å². The van der Waals surface area contributed by atoms with Crippen molar-refractivity contribution < 1.29 is 32.2 Å². The second-order valence-electron chi connectivity index (χ2n) is 7.55. The number of aromatic nitrogens is 2. The first kappa shape index (κ1) is 25.9. The lowest BCUT2D eigenvalue weighted by molar-refractivity contribution is -0.137. The number of unbranched alkanes of at least 4 members (excludes halogenated alkanes) is 1. The van der Waals surface area contributed by atoms with Crippen LogP contribution in [0.1, 0.15) is 42.6 Å². The van der Waals surface area contributed by atoms with Crippen molar-refractivity contribution in [1.29, 1.82) is 0 Å². The molecule has 1 aromatic carbocycles. The van der Waals surface area contributed by atoms with Crippen LogP contribution >= 0.6 is 11.3 Å². The number of carbonyl (C=O) groups excluding carboxylic acids is 1. The number of thiazole rings is 1. The molecule has 0 unspecified atom stereocenters. The summed E-state index contributed by atoms with van der Waals surface area (Å²) in [5.41, 5.74) is -0.412. The van der Waals surface area contributed by atoms with E-state index in [9.17, 15) is 18.0 Å². The van der Waals surface area contributed by atoms with Crippen LogP contribution in [0, 0.1) is 0 Å². The summed E-state index contributed by atoms with van der Waals surface area (Å²) in [7, 11) is 1.47. The largest absolute Gasteiger partial charge is 0.490 e. The molecular formula is C23H26F3N3O4S. The number of halogens is 3. The van der Waals surface area contributed by atoms with E-state index in [0.29, 0.717) is 11.3 Å². The van der Waals surface area contributed by atoms with E-state index < -0.39 is 23.8 Å². The maximum Gasteiger partial charge on any atom is 0.416 e. The highest BCUT2D eigenvalue weighted by Gasteiger charge is 2.32. The lowest BCUT2D eigenvalue weighted by Gasteiger charge is -2.16. The van der Waals surface area contributed by atoms with Crippen molar-refractivity contribution in [2.75, 3.05) is 20.5 Å². The van der Waals surface area contributed by atoms with Crippen LogP contribution in [0.25, 0.3) is 10.2 Å². The SMILES string of the molecule is CCCCn1c(=NC(=O)c2cc(C(F)(F)F)ccc2OC[C@@H](C)OCOC)sc2ccncc21. The lowest BCUT2D eigenvalue weighted by Crippen LogP contribution is -2.21. The molecule has 3 aromatic rings. The summed E-state index contributed by atoms with van der Waals surface area (Å²) in [6.45, 7) is 4.42. The molecule has 2 heterocycles. The molecule has 0 saturated carbocycles. The minimum Gasteiger partial charge on any atom is -0.490 e. The Balaban J connectivity index is 2.01. The number of methoxy groups -OCH3 is 1. The molecule has 34 heavy (non-hydrogen) atoms. The zero-order valence-electron chi connectivity index (χ0n) is 19.1. The first-order valence-electron chi connectivity index (χ1n) is 10.7. The maximum absolute atomic E-state index is 13.4. The number of amides is 1. The summed E-state index contributed by atoms with van der Waals surface area (Å²) in [5.74, 6) is -0.825. The number of pyridine rings is 1. The topological polar surface area (TPSA) is 74.9 Å². The number of hydrogen-bond donors (Lipinski definition) is 0. The van der Waals surface area contributed by atoms with E-state index in [4.69, 9.17) is 14.2 Å². The molecule has 0 aliphatic rings. The third-order valence-electron chi connectivity index (χ3n) is 4.90. The van der Waals surface area contributed by atoms with Crippen molar-refractivity contribution in [1.82, 2.24) is 9.55 Å². The molecule has 2 aromatic heterocycles. The van der Waals surface area contributed by atoms with E-state index in [0.717, 1.165) is 41.3 Å². The summed E-state index contributed by atoms with van der Waals surface area (Å²) in [6.07, 6.45) is 0.0678. The van der Waals surface area contributed by atoms with Crippen LogP contribution in [0.15, 0.2) is 41.7 Å². The molecule has 0 saturated heterocycles. The highest BCUT2D eigenvalue weighted by atomic mass is 32.1. The summed E-state index contributed by atoms with van der Waals surface area (Å²) in [5, 5.41) is 0. The molecule has 3 rings (SSSR count). The number of hydrogen-bond acceptors (Lipinski definition) is 6. The smallest absolute Gasteiger partial charge is 0.416 e. The number of alkyl halides is 3. The van der Waals surface area contributed by atoms with Gasteiger partial charge in [-0.1, -0.05) is 24.7 Å². The quantitative estimate of drug-likeness (QED) is 0.367. The number of benzene rings is 1. The fourth-order valence-corrected chi connectivity index (χ4v) is 4.14. The van der Waals surface area contributed by atoms with Gasteiger partial charge in [0.2, 0.25) is 0 Å². The van der Waals surface area contributed by atoms with Crippen molar-refractivity contribution in [3.63, 3.8) is 0 Å². The van der Waals surface area contributed by atoms with Gasteiger partial charge in [0.05, 0.1) is 33.6 Å². The van der Waals surface area contributed by atoms with E-state index in [1.807, 2.05) is 17.6 Å². The van der Waals surface area contributed by atoms with E-state index >= 15 is 0 Å². The van der Waals surface area contributed by atoms with Gasteiger partial charge in [0.15, 0.2) is 4.80 Å². The number of carbonyl (C=O) groups is 1. The van der Waals surface area contributed by atoms with Crippen molar-refractivity contribution in [2.24, 2.45) is 4.99 Å². The summed E-state index contributed by atoms with van der Waals surface area (Å²) >= 11 is 1.28. The fourth-order valence-electron chi connectivity index (χ4n) is 3.12. The van der Waals surface area contributed by atoms with Crippen molar-refractivity contribution >= 4 is 27.5 Å². The fraction of sp³-hybridized carbons (Fsp3) is 0.435. The van der Waals surface area contributed by atoms with E-state index in [1.165, 1.54) is 18.4 Å². The molecule has 184 valence electrons. The molecule has 11 heteroatoms. The Hall–Kier alpha value is -2.76. The Kier molecular flexibility index (Phi) is 8.81. The Bertz CT molecular complexity index is 1190. The average Bonchev–Trinajstić information content (AvgIpc) is 3.15. The van der Waals surface area contributed by atoms with Gasteiger partial charge in [0.1, 0.15) is 19.1 Å². The van der Waals surface area contributed by atoms with Crippen LogP contribution in [0.4, 0.5) is 13.2 Å². The van der Waals surface area contributed by atoms with Crippen LogP contribution in [-0.2, 0) is 22.2 Å². The van der Waals surface area contributed by atoms with Crippen LogP contribution in [0.2, 0.25) is 0 Å². The zero-order valence-corrected chi connectivity index (χ0v) is 19.9. The first-order valence-corrected chi connectivity index (χ1v) is 11.5. The molecule has 1 amide bonds. The standard InChI is InChI=1S/C23H26F3N3O4S/c1-4-5-10-29-18-12-27-9-8-20(18)34-22(29)28-21(30)17-11-16(23(24,25)26)6-7-19(17)32-13-15(2)33-14-31-3/h6-9,11-12,15H,4-5,10,13-14H2,1-3H3/t15-/m1/s1. The summed E-state index contributed by atoms with van der Waals surface area (Å²) in [6, 6.07) is 4.59. The van der Waals surface area contributed by atoms with Crippen molar-refractivity contribution in [3.8, 4) is 5.75 Å². The van der Waals surface area contributed by atoms with Crippen LogP contribution in [-0.4, -0.2) is 42.1 Å². The van der Waals surface area contributed by atoms with Gasteiger partial charge in [-0.15, -0.1) is 0 Å². The van der Waals surface area contributed by atoms with Crippen LogP contribution in [0.3, 0.4) is 0 Å². The van der Waals surface area contributed by atoms with Crippen LogP contribution in [0.5, 0.6) is 5.75 Å². The molecule has 0 fully saturated rings. The Labute approximate surface area is 198 Å². The molecule has 1 atom stereocenters. The first-order chi connectivity index (χ1) is 16.2. The molecular weight excluding hydrogens is 471 g/mol. The van der Waals surface area contributed by atoms with Crippen LogP contribution < -0.4 is 9.54 Å². The van der Waals surface area contributed by atoms with E-state index in [1.54, 1.807) is 19.3 Å². The van der Waals surface area contributed by atoms with Gasteiger partial charge in [-0.3, -0.25) is 9.78 Å². The number of fused-ring (bicyclic) bond motifs is 1. The minimum absolute atomic E-state index is 0.00231. The molecule has 7 nitrogen and oxygen atoms in total. The minimum atomic E-state index is -4.62. The molecule has 0 spiro atoms. The van der Waals surface area contributed by atoms with Crippen molar-refractivity contribution in [2.45, 2.75) is 45.5 Å². The lowest BCUT2D eigenvalue weighted by atomic mass is 10.1. The highest BCUT2D eigenvalue weighted by Crippen LogP contribution is 2.33. The third-order valence-corrected chi connectivity index (χ3v) is 5.96. The third kappa shape index (κ3) is 6.43. The molecule has 0 bridgehead atoms. The molecule has 0 aliphatic carbocycles. The average molecular weight is 498 g/mol. The van der Waals surface area contributed by atoms with Gasteiger partial charge in [0, 0.05) is 19.9 Å². The van der Waals surface area contributed by atoms with Crippen molar-refractivity contribution in [3.05, 3.63) is 52.6 Å². The van der Waals surface area contributed by atoms with Gasteiger partial charge in [-0.05, 0) is 37.6 Å². The Morgan fingerprint density at radius 3 is 2.79 bits per heavy atom. The number of rotatable bonds is 10. The second kappa shape index (κ2) is 11.6. The normalized spacial score (nSPS) is 13.4. The van der Waals surface area contributed by atoms with Gasteiger partial charge < -0.3 is 18.8 Å². The molecule has 0 N–H and O–H groups in total. The second-order valence-corrected chi connectivity index (χ2v) is 8.56. The van der Waals surface area contributed by atoms with E-state index in [2.05, 4.69) is 9.98 Å². The number of ether oxygens (including phenoxy) is 3. The van der Waals surface area contributed by atoms with E-state index in [-0.39, 0.29) is 24.7 Å². The zero-order chi connectivity index (χ0) is 24.7. The van der Waals surface area contributed by atoms with Gasteiger partial charge in [-0.2, -0.15) is 18.2 Å². The molecule has 0 aliphatic heterocycles. The Morgan fingerprint density at radius 2 is 2.09 bits per heavy atom. The summed E-state index contributed by atoms with van der Waals surface area (Å²) in [4.78, 5) is 21.9. The van der Waals surface area contributed by atoms with Gasteiger partial charge >= 0.3 is 6.18 Å². The highest BCUT2D eigenvalue weighted by molar-refractivity contribution is 7.16. The number of aryl methyl sites for hydroxylation is 1. The predicted octanol–water partition coefficient (Wildman–Crippen LogP) is 5.05. The van der Waals surface area contributed by atoms with Gasteiger partial charge in [-0.25, -0.2) is 0 Å². The monoisotopic (exact) mass is 497 g/mol. The predicted molar refractivity (Wildman–Crippen MR) is 122 cm³/mol. The maximum atomic E-state index is 13.4. The Morgan fingerprint density at radius 1 is 1.29 bits per heavy atom.